The summed E-state index contributed by atoms with van der Waals surface area (Å²) >= 11 is 0.321. The molecule has 0 saturated carbocycles. The summed E-state index contributed by atoms with van der Waals surface area (Å²) < 4.78 is 16.6. The van der Waals surface area contributed by atoms with Crippen LogP contribution in [0.25, 0.3) is 0 Å². The van der Waals surface area contributed by atoms with Gasteiger partial charge in [-0.05, 0) is 0 Å². The number of rotatable bonds is 6. The van der Waals surface area contributed by atoms with Crippen LogP contribution < -0.4 is 5.63 Å². The van der Waals surface area contributed by atoms with E-state index < -0.39 is 21.1 Å². The van der Waals surface area contributed by atoms with Crippen LogP contribution in [-0.2, 0) is 21.1 Å². The van der Waals surface area contributed by atoms with Crippen molar-refractivity contribution in [2.75, 3.05) is 0 Å². The van der Waals surface area contributed by atoms with Gasteiger partial charge in [0.25, 0.3) is 0 Å². The summed E-state index contributed by atoms with van der Waals surface area (Å²) in [5.41, 5.74) is 8.09. The summed E-state index contributed by atoms with van der Waals surface area (Å²) in [6.07, 6.45) is 4.89. The van der Waals surface area contributed by atoms with Gasteiger partial charge in [-0.25, -0.2) is 0 Å². The zero-order chi connectivity index (χ0) is 25.8. The molecule has 2 aromatic carbocycles. The zero-order valence-corrected chi connectivity index (χ0v) is 28.6. The number of hydrogen-bond donors (Lipinski definition) is 0. The molecule has 4 rings (SSSR count). The van der Waals surface area contributed by atoms with Gasteiger partial charge in [-0.3, -0.25) is 0 Å². The molecule has 184 valence electrons. The second-order valence-corrected chi connectivity index (χ2v) is 21.9. The van der Waals surface area contributed by atoms with E-state index in [1.807, 2.05) is 0 Å². The molecule has 2 nitrogen and oxygen atoms in total. The van der Waals surface area contributed by atoms with E-state index in [2.05, 4.69) is 161 Å². The Bertz CT molecular complexity index is 1180. The summed E-state index contributed by atoms with van der Waals surface area (Å²) in [5.74, 6) is 1.78. The van der Waals surface area contributed by atoms with Crippen molar-refractivity contribution < 1.29 is 26.8 Å². The van der Waals surface area contributed by atoms with Gasteiger partial charge < -0.3 is 0 Å². The molecule has 2 aromatic rings. The summed E-state index contributed by atoms with van der Waals surface area (Å²) in [7, 11) is 0. The molecule has 0 fully saturated rings. The number of allylic oxidation sites excluding steroid dienone is 8. The molecule has 0 amide bonds. The first-order chi connectivity index (χ1) is 16.3. The van der Waals surface area contributed by atoms with Crippen LogP contribution >= 0.6 is 45.2 Å². The first-order valence-corrected chi connectivity index (χ1v) is 18.6. The Balaban J connectivity index is 2.06. The van der Waals surface area contributed by atoms with Gasteiger partial charge in [-0.2, -0.15) is 0 Å². The van der Waals surface area contributed by atoms with Crippen molar-refractivity contribution in [2.24, 2.45) is 0 Å². The minimum absolute atomic E-state index is 0.313. The molecule has 35 heavy (non-hydrogen) atoms. The van der Waals surface area contributed by atoms with E-state index in [4.69, 9.17) is 5.63 Å². The molecule has 2 aliphatic carbocycles. The van der Waals surface area contributed by atoms with E-state index in [0.717, 1.165) is 11.5 Å². The Kier molecular flexibility index (Phi) is 7.75. The van der Waals surface area contributed by atoms with Gasteiger partial charge in [0.1, 0.15) is 0 Å². The molecule has 0 saturated heterocycles. The normalized spacial score (nSPS) is 24.6. The second-order valence-electron chi connectivity index (χ2n) is 10.3. The maximum absolute atomic E-state index is 7.42. The average Bonchev–Trinajstić information content (AvgIpc) is 3.15. The predicted molar refractivity (Wildman–Crippen MR) is 161 cm³/mol. The Labute approximate surface area is 243 Å². The van der Waals surface area contributed by atoms with Gasteiger partial charge >= 0.3 is 246 Å². The average molecular weight is 772 g/mol. The number of halogens is 2. The summed E-state index contributed by atoms with van der Waals surface area (Å²) in [6, 6.07) is 16.9. The van der Waals surface area contributed by atoms with Crippen LogP contribution in [0.4, 0.5) is 0 Å². The van der Waals surface area contributed by atoms with Crippen molar-refractivity contribution >= 4 is 45.2 Å². The molecular formula is C30H34I2O2Zr. The van der Waals surface area contributed by atoms with Crippen LogP contribution in [0.15, 0.2) is 94.1 Å². The molecule has 0 spiro atoms. The third-order valence-corrected chi connectivity index (χ3v) is 21.7. The van der Waals surface area contributed by atoms with Gasteiger partial charge in [0.05, 0.1) is 0 Å². The first-order valence-electron chi connectivity index (χ1n) is 12.0. The molecule has 0 aromatic heterocycles. The van der Waals surface area contributed by atoms with Crippen molar-refractivity contribution in [2.45, 2.75) is 61.6 Å². The van der Waals surface area contributed by atoms with Crippen LogP contribution in [0.1, 0.15) is 55.4 Å². The Morgan fingerprint density at radius 3 is 1.14 bits per heavy atom. The fourth-order valence-corrected chi connectivity index (χ4v) is 18.9. The summed E-state index contributed by atoms with van der Waals surface area (Å²) in [5, 5.41) is 0. The number of hydrogen-bond acceptors (Lipinski definition) is 2. The molecule has 0 radical (unpaired) electrons. The van der Waals surface area contributed by atoms with Gasteiger partial charge in [0, 0.05) is 0 Å². The van der Waals surface area contributed by atoms with Crippen molar-refractivity contribution in [1.82, 2.24) is 0 Å². The van der Waals surface area contributed by atoms with E-state index in [1.54, 1.807) is 0 Å². The van der Waals surface area contributed by atoms with E-state index in [-0.39, 0.29) is 6.25 Å². The molecule has 2 atom stereocenters. The molecule has 0 N–H and O–H groups in total. The third kappa shape index (κ3) is 4.50. The predicted octanol–water partition coefficient (Wildman–Crippen LogP) is 10.3. The topological polar surface area (TPSA) is 18.5 Å². The van der Waals surface area contributed by atoms with E-state index in [1.165, 1.54) is 40.6 Å². The van der Waals surface area contributed by atoms with Crippen LogP contribution in [0.5, 0.6) is 11.5 Å². The molecule has 5 heteroatoms. The summed E-state index contributed by atoms with van der Waals surface area (Å²) in [4.78, 5) is 0. The van der Waals surface area contributed by atoms with Crippen LogP contribution in [0.3, 0.4) is 0 Å². The minimum atomic E-state index is -4.38. The first kappa shape index (κ1) is 27.4. The molecule has 0 bridgehead atoms. The Morgan fingerprint density at radius 1 is 0.571 bits per heavy atom. The van der Waals surface area contributed by atoms with Crippen LogP contribution in [0.2, 0.25) is 6.25 Å². The van der Waals surface area contributed by atoms with Gasteiger partial charge in [0.15, 0.2) is 0 Å². The quantitative estimate of drug-likeness (QED) is 0.273. The molecule has 0 aliphatic heterocycles. The second kappa shape index (κ2) is 9.90. The standard InChI is InChI=1S/2C9H13.2C6H5IO.Zr/c2*1-6-5-7(2)9(4)8(6)3;2*7-5-1-3-6(8)4-2-5;/h2*5H,1-4H3;2*1-4,8H;/q;;;;+2/p-2. The van der Waals surface area contributed by atoms with Gasteiger partial charge in [-0.15, -0.1) is 0 Å². The van der Waals surface area contributed by atoms with Gasteiger partial charge in [0.2, 0.25) is 0 Å². The molecular weight excluding hydrogens is 737 g/mol. The molecule has 2 aliphatic rings. The zero-order valence-electron chi connectivity index (χ0n) is 21.8. The fourth-order valence-electron chi connectivity index (χ4n) is 5.67. The van der Waals surface area contributed by atoms with Gasteiger partial charge in [-0.1, -0.05) is 0 Å². The fraction of sp³-hybridized carbons (Fsp3) is 0.333. The molecule has 0 heterocycles. The molecule has 2 unspecified atom stereocenters. The van der Waals surface area contributed by atoms with Crippen LogP contribution in [-0.4, -0.2) is 0 Å². The van der Waals surface area contributed by atoms with Crippen molar-refractivity contribution in [3.8, 4) is 11.5 Å². The monoisotopic (exact) mass is 770 g/mol. The van der Waals surface area contributed by atoms with Crippen molar-refractivity contribution in [3.05, 3.63) is 101 Å². The number of benzene rings is 2. The van der Waals surface area contributed by atoms with Crippen molar-refractivity contribution in [3.63, 3.8) is 0 Å². The van der Waals surface area contributed by atoms with E-state index in [0.29, 0.717) is 0 Å². The maximum atomic E-state index is 7.42. The van der Waals surface area contributed by atoms with E-state index in [9.17, 15) is 0 Å². The van der Waals surface area contributed by atoms with Crippen LogP contribution in [0, 0.1) is 7.14 Å². The van der Waals surface area contributed by atoms with Crippen molar-refractivity contribution in [1.29, 1.82) is 0 Å². The summed E-state index contributed by atoms with van der Waals surface area (Å²) in [6.45, 7) is 18.2. The Morgan fingerprint density at radius 2 is 0.886 bits per heavy atom. The Hall–Kier alpha value is -0.657. The van der Waals surface area contributed by atoms with E-state index >= 15 is 0 Å². The SMILES string of the molecule is CC1=C[C](C)([Zr]([O]c2ccc(I)cc2)([O]c2ccc(I)cc2)[C]2(C)C=C(C)C(C)=C2C)C(C)=C1C. The third-order valence-electron chi connectivity index (χ3n) is 8.39.